The van der Waals surface area contributed by atoms with Crippen LogP contribution in [0.25, 0.3) is 0 Å². The highest BCUT2D eigenvalue weighted by atomic mass is 32.2. The molecular weight excluding hydrogens is 370 g/mol. The Morgan fingerprint density at radius 1 is 1.11 bits per heavy atom. The van der Waals surface area contributed by atoms with E-state index in [-0.39, 0.29) is 30.8 Å². The van der Waals surface area contributed by atoms with Crippen LogP contribution in [-0.2, 0) is 14.4 Å². The van der Waals surface area contributed by atoms with E-state index < -0.39 is 11.2 Å². The van der Waals surface area contributed by atoms with Crippen molar-refractivity contribution in [1.82, 2.24) is 0 Å². The van der Waals surface area contributed by atoms with Crippen molar-refractivity contribution in [2.24, 2.45) is 0 Å². The van der Waals surface area contributed by atoms with E-state index in [4.69, 9.17) is 14.2 Å². The third-order valence-corrected chi connectivity index (χ3v) is 5.27. The van der Waals surface area contributed by atoms with Crippen LogP contribution in [0.15, 0.2) is 48.5 Å². The minimum atomic E-state index is -0.595. The van der Waals surface area contributed by atoms with Crippen LogP contribution < -0.4 is 19.1 Å². The number of nitrogens with zero attached hydrogens (tertiary/aromatic N) is 1. The molecule has 0 radical (unpaired) electrons. The van der Waals surface area contributed by atoms with Crippen LogP contribution >= 0.6 is 11.8 Å². The second-order valence-electron chi connectivity index (χ2n) is 5.90. The van der Waals surface area contributed by atoms with E-state index >= 15 is 0 Å². The second kappa shape index (κ2) is 7.32. The van der Waals surface area contributed by atoms with Crippen LogP contribution in [0.1, 0.15) is 6.42 Å². The summed E-state index contributed by atoms with van der Waals surface area (Å²) in [6, 6.07) is 13.6. The zero-order valence-electron chi connectivity index (χ0n) is 14.1. The molecule has 8 heteroatoms. The number of imide groups is 1. The summed E-state index contributed by atoms with van der Waals surface area (Å²) in [5.74, 6) is 0.325. The first-order valence-corrected chi connectivity index (χ1v) is 9.30. The second-order valence-corrected chi connectivity index (χ2v) is 7.09. The van der Waals surface area contributed by atoms with Gasteiger partial charge >= 0.3 is 5.97 Å². The van der Waals surface area contributed by atoms with Gasteiger partial charge in [-0.3, -0.25) is 14.4 Å². The van der Waals surface area contributed by atoms with E-state index in [0.717, 1.165) is 11.8 Å². The van der Waals surface area contributed by atoms with Crippen LogP contribution in [0.5, 0.6) is 17.2 Å². The molecule has 0 unspecified atom stereocenters. The van der Waals surface area contributed by atoms with E-state index in [1.165, 1.54) is 4.90 Å². The number of para-hydroxylation sites is 1. The average Bonchev–Trinajstić information content (AvgIpc) is 3.24. The number of rotatable bonds is 5. The van der Waals surface area contributed by atoms with Crippen LogP contribution in [0, 0.1) is 0 Å². The molecule has 0 aromatic heterocycles. The van der Waals surface area contributed by atoms with Gasteiger partial charge in [0.25, 0.3) is 0 Å². The molecule has 4 rings (SSSR count). The topological polar surface area (TPSA) is 82.1 Å². The van der Waals surface area contributed by atoms with Gasteiger partial charge in [0.1, 0.15) is 5.75 Å². The van der Waals surface area contributed by atoms with Gasteiger partial charge in [0.2, 0.25) is 18.6 Å². The summed E-state index contributed by atoms with van der Waals surface area (Å²) in [6.45, 7) is 0.137. The molecule has 2 aromatic rings. The van der Waals surface area contributed by atoms with Gasteiger partial charge < -0.3 is 14.2 Å². The van der Waals surface area contributed by atoms with Crippen molar-refractivity contribution in [3.05, 3.63) is 48.5 Å². The third kappa shape index (κ3) is 3.61. The third-order valence-electron chi connectivity index (χ3n) is 4.10. The van der Waals surface area contributed by atoms with Gasteiger partial charge in [-0.1, -0.05) is 18.2 Å². The van der Waals surface area contributed by atoms with Crippen molar-refractivity contribution >= 4 is 35.2 Å². The highest BCUT2D eigenvalue weighted by Crippen LogP contribution is 2.35. The Morgan fingerprint density at radius 3 is 2.70 bits per heavy atom. The number of amides is 2. The van der Waals surface area contributed by atoms with Crippen molar-refractivity contribution in [3.8, 4) is 17.2 Å². The fraction of sp³-hybridized carbons (Fsp3) is 0.211. The number of thioether (sulfide) groups is 1. The van der Waals surface area contributed by atoms with Crippen LogP contribution in [0.2, 0.25) is 0 Å². The number of ether oxygens (including phenoxy) is 3. The summed E-state index contributed by atoms with van der Waals surface area (Å²) in [5, 5.41) is -0.595. The maximum Gasteiger partial charge on any atom is 0.321 e. The van der Waals surface area contributed by atoms with Gasteiger partial charge in [-0.15, -0.1) is 11.8 Å². The number of benzene rings is 2. The predicted molar refractivity (Wildman–Crippen MR) is 98.0 cm³/mol. The smallest absolute Gasteiger partial charge is 0.321 e. The molecule has 2 aliphatic rings. The summed E-state index contributed by atoms with van der Waals surface area (Å²) >= 11 is 1.10. The van der Waals surface area contributed by atoms with E-state index in [1.807, 2.05) is 6.07 Å². The van der Waals surface area contributed by atoms with Gasteiger partial charge in [0.15, 0.2) is 11.5 Å². The molecule has 7 nitrogen and oxygen atoms in total. The number of carbonyl (C=O) groups is 3. The minimum Gasteiger partial charge on any atom is -0.454 e. The Hall–Kier alpha value is -3.00. The lowest BCUT2D eigenvalue weighted by atomic mass is 10.3. The molecule has 1 fully saturated rings. The molecule has 0 aliphatic carbocycles. The zero-order chi connectivity index (χ0) is 18.8. The van der Waals surface area contributed by atoms with E-state index in [0.29, 0.717) is 22.9 Å². The molecule has 0 N–H and O–H groups in total. The Kier molecular flexibility index (Phi) is 4.72. The minimum absolute atomic E-state index is 0.0409. The summed E-state index contributed by atoms with van der Waals surface area (Å²) in [6.07, 6.45) is 0.0652. The van der Waals surface area contributed by atoms with Crippen molar-refractivity contribution in [2.75, 3.05) is 17.4 Å². The molecule has 2 aromatic carbocycles. The molecule has 0 saturated carbocycles. The maximum absolute atomic E-state index is 12.5. The highest BCUT2D eigenvalue weighted by molar-refractivity contribution is 8.01. The number of hydrogen-bond acceptors (Lipinski definition) is 7. The van der Waals surface area contributed by atoms with E-state index in [9.17, 15) is 14.4 Å². The number of carbonyl (C=O) groups excluding carboxylic acids is 3. The Labute approximate surface area is 159 Å². The Balaban J connectivity index is 1.34. The standard InChI is InChI=1S/C19H15NO6S/c21-17-9-16(19(23)20(17)12-4-2-1-3-5-12)27-10-18(22)26-13-6-7-14-15(8-13)25-11-24-14/h1-8,16H,9-11H2/t16-/m0/s1. The number of anilines is 1. The lowest BCUT2D eigenvalue weighted by Crippen LogP contribution is -2.31. The first kappa shape index (κ1) is 17.4. The Morgan fingerprint density at radius 2 is 1.89 bits per heavy atom. The van der Waals surface area contributed by atoms with Crippen LogP contribution in [-0.4, -0.2) is 35.6 Å². The van der Waals surface area contributed by atoms with Crippen molar-refractivity contribution < 1.29 is 28.6 Å². The van der Waals surface area contributed by atoms with Gasteiger partial charge in [-0.2, -0.15) is 0 Å². The molecule has 2 amide bonds. The summed E-state index contributed by atoms with van der Waals surface area (Å²) in [7, 11) is 0. The number of hydrogen-bond donors (Lipinski definition) is 0. The van der Waals surface area contributed by atoms with Gasteiger partial charge in [-0.05, 0) is 24.3 Å². The SMILES string of the molecule is O=C(CS[C@H]1CC(=O)N(c2ccccc2)C1=O)Oc1ccc2c(c1)OCO2. The van der Waals surface area contributed by atoms with Crippen molar-refractivity contribution in [3.63, 3.8) is 0 Å². The molecule has 2 aliphatic heterocycles. The van der Waals surface area contributed by atoms with Gasteiger partial charge in [0, 0.05) is 12.5 Å². The maximum atomic E-state index is 12.5. The average molecular weight is 385 g/mol. The zero-order valence-corrected chi connectivity index (χ0v) is 14.9. The molecule has 138 valence electrons. The lowest BCUT2D eigenvalue weighted by Gasteiger charge is -2.14. The molecule has 0 bridgehead atoms. The van der Waals surface area contributed by atoms with Crippen LogP contribution in [0.4, 0.5) is 5.69 Å². The predicted octanol–water partition coefficient (Wildman–Crippen LogP) is 2.39. The van der Waals surface area contributed by atoms with Crippen molar-refractivity contribution in [2.45, 2.75) is 11.7 Å². The summed E-state index contributed by atoms with van der Waals surface area (Å²) < 4.78 is 15.7. The first-order chi connectivity index (χ1) is 13.1. The number of esters is 1. The van der Waals surface area contributed by atoms with E-state index in [2.05, 4.69) is 0 Å². The fourth-order valence-electron chi connectivity index (χ4n) is 2.85. The fourth-order valence-corrected chi connectivity index (χ4v) is 3.76. The molecule has 1 atom stereocenters. The van der Waals surface area contributed by atoms with Crippen LogP contribution in [0.3, 0.4) is 0 Å². The normalized spacial score (nSPS) is 18.1. The summed E-state index contributed by atoms with van der Waals surface area (Å²) in [5.41, 5.74) is 0.540. The monoisotopic (exact) mass is 385 g/mol. The molecule has 1 saturated heterocycles. The first-order valence-electron chi connectivity index (χ1n) is 8.25. The number of fused-ring (bicyclic) bond motifs is 1. The molecule has 2 heterocycles. The quantitative estimate of drug-likeness (QED) is 0.444. The van der Waals surface area contributed by atoms with Gasteiger partial charge in [-0.25, -0.2) is 4.90 Å². The Bertz CT molecular complexity index is 900. The highest BCUT2D eigenvalue weighted by Gasteiger charge is 2.40. The van der Waals surface area contributed by atoms with Gasteiger partial charge in [0.05, 0.1) is 16.7 Å². The molecular formula is C19H15NO6S. The summed E-state index contributed by atoms with van der Waals surface area (Å²) in [4.78, 5) is 38.0. The lowest BCUT2D eigenvalue weighted by molar-refractivity contribution is -0.131. The van der Waals surface area contributed by atoms with E-state index in [1.54, 1.807) is 42.5 Å². The molecule has 27 heavy (non-hydrogen) atoms. The van der Waals surface area contributed by atoms with Crippen molar-refractivity contribution in [1.29, 1.82) is 0 Å². The molecule has 0 spiro atoms. The largest absolute Gasteiger partial charge is 0.454 e.